The highest BCUT2D eigenvalue weighted by molar-refractivity contribution is 7.99. The third-order valence-electron chi connectivity index (χ3n) is 5.16. The Labute approximate surface area is 196 Å². The molecule has 1 amide bonds. The van der Waals surface area contributed by atoms with E-state index in [-0.39, 0.29) is 23.3 Å². The number of benzene rings is 3. The SMILES string of the molecule is CCOc1ccc(-n2c(SCC(=O)NC(C)c3ccccc3)nc3ccccc3c2=O)cc1. The zero-order valence-electron chi connectivity index (χ0n) is 18.5. The molecule has 0 saturated heterocycles. The van der Waals surface area contributed by atoms with E-state index in [1.807, 2.05) is 80.6 Å². The molecule has 0 aliphatic heterocycles. The van der Waals surface area contributed by atoms with Crippen LogP contribution in [-0.4, -0.2) is 27.8 Å². The van der Waals surface area contributed by atoms with E-state index in [4.69, 9.17) is 9.72 Å². The highest BCUT2D eigenvalue weighted by Gasteiger charge is 2.16. The predicted octanol–water partition coefficient (Wildman–Crippen LogP) is 4.75. The highest BCUT2D eigenvalue weighted by Crippen LogP contribution is 2.23. The predicted molar refractivity (Wildman–Crippen MR) is 132 cm³/mol. The quantitative estimate of drug-likeness (QED) is 0.304. The molecule has 0 radical (unpaired) electrons. The van der Waals surface area contributed by atoms with Crippen LogP contribution in [0.25, 0.3) is 16.6 Å². The van der Waals surface area contributed by atoms with Gasteiger partial charge in [0.2, 0.25) is 5.91 Å². The molecule has 1 aromatic heterocycles. The Hall–Kier alpha value is -3.58. The molecule has 1 unspecified atom stereocenters. The third kappa shape index (κ3) is 5.26. The van der Waals surface area contributed by atoms with Crippen LogP contribution in [0.5, 0.6) is 5.75 Å². The van der Waals surface area contributed by atoms with Gasteiger partial charge in [-0.25, -0.2) is 4.98 Å². The third-order valence-corrected chi connectivity index (χ3v) is 6.10. The Balaban J connectivity index is 1.61. The normalized spacial score (nSPS) is 11.8. The van der Waals surface area contributed by atoms with Gasteiger partial charge in [-0.2, -0.15) is 0 Å². The Kier molecular flexibility index (Phi) is 7.10. The summed E-state index contributed by atoms with van der Waals surface area (Å²) in [4.78, 5) is 30.7. The standard InChI is InChI=1S/C26H25N3O3S/c1-3-32-21-15-13-20(14-16-21)29-25(31)22-11-7-8-12-23(22)28-26(29)33-17-24(30)27-18(2)19-9-5-4-6-10-19/h4-16,18H,3,17H2,1-2H3,(H,27,30). The summed E-state index contributed by atoms with van der Waals surface area (Å²) in [5.74, 6) is 0.738. The summed E-state index contributed by atoms with van der Waals surface area (Å²) < 4.78 is 7.07. The number of hydrogen-bond donors (Lipinski definition) is 1. The fraction of sp³-hybridized carbons (Fsp3) is 0.192. The van der Waals surface area contributed by atoms with Crippen molar-refractivity contribution in [3.8, 4) is 11.4 Å². The van der Waals surface area contributed by atoms with Crippen LogP contribution in [0.1, 0.15) is 25.5 Å². The minimum absolute atomic E-state index is 0.114. The molecule has 4 rings (SSSR count). The molecule has 33 heavy (non-hydrogen) atoms. The topological polar surface area (TPSA) is 73.2 Å². The summed E-state index contributed by atoms with van der Waals surface area (Å²) in [6.45, 7) is 4.43. The number of para-hydroxylation sites is 1. The summed E-state index contributed by atoms with van der Waals surface area (Å²) in [7, 11) is 0. The molecule has 0 aliphatic carbocycles. The average molecular weight is 460 g/mol. The lowest BCUT2D eigenvalue weighted by Crippen LogP contribution is -2.29. The number of nitrogens with zero attached hydrogens (tertiary/aromatic N) is 2. The summed E-state index contributed by atoms with van der Waals surface area (Å²) in [5, 5.41) is 4.00. The molecule has 0 saturated carbocycles. The van der Waals surface area contributed by atoms with Gasteiger partial charge < -0.3 is 10.1 Å². The number of aromatic nitrogens is 2. The van der Waals surface area contributed by atoms with Gasteiger partial charge in [0.05, 0.1) is 35.0 Å². The maximum absolute atomic E-state index is 13.3. The first-order valence-corrected chi connectivity index (χ1v) is 11.8. The average Bonchev–Trinajstić information content (AvgIpc) is 2.84. The van der Waals surface area contributed by atoms with Crippen LogP contribution >= 0.6 is 11.8 Å². The summed E-state index contributed by atoms with van der Waals surface area (Å²) in [6.07, 6.45) is 0. The van der Waals surface area contributed by atoms with Crippen LogP contribution in [-0.2, 0) is 4.79 Å². The van der Waals surface area contributed by atoms with Crippen molar-refractivity contribution in [2.24, 2.45) is 0 Å². The minimum Gasteiger partial charge on any atom is -0.494 e. The second kappa shape index (κ2) is 10.4. The molecule has 3 aromatic carbocycles. The maximum atomic E-state index is 13.3. The second-order valence-corrected chi connectivity index (χ2v) is 8.41. The lowest BCUT2D eigenvalue weighted by atomic mass is 10.1. The van der Waals surface area contributed by atoms with Gasteiger partial charge in [0.1, 0.15) is 5.75 Å². The molecule has 168 valence electrons. The van der Waals surface area contributed by atoms with Crippen LogP contribution in [0, 0.1) is 0 Å². The van der Waals surface area contributed by atoms with Crippen LogP contribution < -0.4 is 15.6 Å². The first-order chi connectivity index (χ1) is 16.1. The van der Waals surface area contributed by atoms with Crippen molar-refractivity contribution < 1.29 is 9.53 Å². The number of carbonyl (C=O) groups excluding carboxylic acids is 1. The summed E-state index contributed by atoms with van der Waals surface area (Å²) in [5.41, 5.74) is 2.13. The number of amides is 1. The molecule has 0 spiro atoms. The largest absolute Gasteiger partial charge is 0.494 e. The van der Waals surface area contributed by atoms with Crippen LogP contribution in [0.4, 0.5) is 0 Å². The van der Waals surface area contributed by atoms with Gasteiger partial charge in [-0.3, -0.25) is 14.2 Å². The molecule has 0 aliphatic rings. The first kappa shape index (κ1) is 22.6. The van der Waals surface area contributed by atoms with Gasteiger partial charge in [-0.1, -0.05) is 54.2 Å². The van der Waals surface area contributed by atoms with E-state index < -0.39 is 0 Å². The molecule has 1 atom stereocenters. The number of carbonyl (C=O) groups is 1. The fourth-order valence-electron chi connectivity index (χ4n) is 3.53. The number of rotatable bonds is 8. The van der Waals surface area contributed by atoms with E-state index in [0.29, 0.717) is 28.4 Å². The molecule has 6 nitrogen and oxygen atoms in total. The fourth-order valence-corrected chi connectivity index (χ4v) is 4.36. The Bertz CT molecular complexity index is 1300. The van der Waals surface area contributed by atoms with Crippen LogP contribution in [0.15, 0.2) is 88.8 Å². The molecule has 1 N–H and O–H groups in total. The van der Waals surface area contributed by atoms with Gasteiger partial charge in [0.15, 0.2) is 5.16 Å². The summed E-state index contributed by atoms with van der Waals surface area (Å²) in [6, 6.07) is 24.2. The highest BCUT2D eigenvalue weighted by atomic mass is 32.2. The monoisotopic (exact) mass is 459 g/mol. The summed E-state index contributed by atoms with van der Waals surface area (Å²) >= 11 is 1.24. The Morgan fingerprint density at radius 1 is 1.03 bits per heavy atom. The lowest BCUT2D eigenvalue weighted by molar-refractivity contribution is -0.119. The van der Waals surface area contributed by atoms with E-state index in [1.165, 1.54) is 11.8 Å². The Morgan fingerprint density at radius 3 is 2.45 bits per heavy atom. The number of ether oxygens (including phenoxy) is 1. The smallest absolute Gasteiger partial charge is 0.266 e. The van der Waals surface area contributed by atoms with Crippen molar-refractivity contribution in [1.29, 1.82) is 0 Å². The van der Waals surface area contributed by atoms with Crippen molar-refractivity contribution >= 4 is 28.6 Å². The van der Waals surface area contributed by atoms with Gasteiger partial charge in [0, 0.05) is 0 Å². The van der Waals surface area contributed by atoms with Gasteiger partial charge in [-0.05, 0) is 55.8 Å². The van der Waals surface area contributed by atoms with E-state index >= 15 is 0 Å². The molecule has 4 aromatic rings. The number of nitrogens with one attached hydrogen (secondary N) is 1. The van der Waals surface area contributed by atoms with Gasteiger partial charge in [0.25, 0.3) is 5.56 Å². The molecule has 0 fully saturated rings. The lowest BCUT2D eigenvalue weighted by Gasteiger charge is -2.16. The van der Waals surface area contributed by atoms with Crippen LogP contribution in [0.3, 0.4) is 0 Å². The van der Waals surface area contributed by atoms with Crippen molar-refractivity contribution in [3.63, 3.8) is 0 Å². The van der Waals surface area contributed by atoms with Gasteiger partial charge >= 0.3 is 0 Å². The van der Waals surface area contributed by atoms with Crippen molar-refractivity contribution in [2.45, 2.75) is 25.0 Å². The molecular weight excluding hydrogens is 434 g/mol. The Morgan fingerprint density at radius 2 is 1.73 bits per heavy atom. The van der Waals surface area contributed by atoms with E-state index in [0.717, 1.165) is 11.3 Å². The second-order valence-electron chi connectivity index (χ2n) is 7.47. The maximum Gasteiger partial charge on any atom is 0.266 e. The zero-order chi connectivity index (χ0) is 23.2. The minimum atomic E-state index is -0.176. The molecule has 0 bridgehead atoms. The van der Waals surface area contributed by atoms with E-state index in [2.05, 4.69) is 5.32 Å². The first-order valence-electron chi connectivity index (χ1n) is 10.8. The van der Waals surface area contributed by atoms with Crippen molar-refractivity contribution in [3.05, 3.63) is 94.8 Å². The molecule has 7 heteroatoms. The van der Waals surface area contributed by atoms with Gasteiger partial charge in [-0.15, -0.1) is 0 Å². The van der Waals surface area contributed by atoms with E-state index in [1.54, 1.807) is 16.7 Å². The van der Waals surface area contributed by atoms with Crippen molar-refractivity contribution in [1.82, 2.24) is 14.9 Å². The molecular formula is C26H25N3O3S. The number of hydrogen-bond acceptors (Lipinski definition) is 5. The number of thioether (sulfide) groups is 1. The zero-order valence-corrected chi connectivity index (χ0v) is 19.3. The number of fused-ring (bicyclic) bond motifs is 1. The van der Waals surface area contributed by atoms with Crippen LogP contribution in [0.2, 0.25) is 0 Å². The van der Waals surface area contributed by atoms with E-state index in [9.17, 15) is 9.59 Å². The molecule has 1 heterocycles. The van der Waals surface area contributed by atoms with Crippen molar-refractivity contribution in [2.75, 3.05) is 12.4 Å².